The van der Waals surface area contributed by atoms with Gasteiger partial charge in [-0.2, -0.15) is 0 Å². The van der Waals surface area contributed by atoms with Crippen molar-refractivity contribution in [3.63, 3.8) is 0 Å². The first-order valence-electron chi connectivity index (χ1n) is 8.93. The summed E-state index contributed by atoms with van der Waals surface area (Å²) in [6.45, 7) is 1.98. The van der Waals surface area contributed by atoms with Crippen LogP contribution in [0.2, 0.25) is 5.02 Å². The lowest BCUT2D eigenvalue weighted by Gasteiger charge is -2.32. The standard InChI is InChI=1S/C19H27ClN2O4/c1-25-11-9-19(24)22-10-3-4-14(13-22)5-8-18(23)21-15-6-7-17(26-2)16(20)12-15/h6-7,12,14H,3-5,8-11,13H2,1-2H3,(H,21,23)/t14-/m1/s1. The molecule has 6 nitrogen and oxygen atoms in total. The molecule has 0 aliphatic carbocycles. The minimum absolute atomic E-state index is 0.0472. The highest BCUT2D eigenvalue weighted by Crippen LogP contribution is 2.27. The molecule has 26 heavy (non-hydrogen) atoms. The van der Waals surface area contributed by atoms with Gasteiger partial charge in [0.05, 0.1) is 25.2 Å². The number of nitrogens with one attached hydrogen (secondary N) is 1. The highest BCUT2D eigenvalue weighted by Gasteiger charge is 2.23. The number of methoxy groups -OCH3 is 2. The van der Waals surface area contributed by atoms with E-state index in [1.807, 2.05) is 4.90 Å². The Bertz CT molecular complexity index is 624. The lowest BCUT2D eigenvalue weighted by atomic mass is 9.93. The van der Waals surface area contributed by atoms with E-state index < -0.39 is 0 Å². The minimum Gasteiger partial charge on any atom is -0.495 e. The predicted molar refractivity (Wildman–Crippen MR) is 102 cm³/mol. The molecule has 7 heteroatoms. The van der Waals surface area contributed by atoms with Crippen molar-refractivity contribution < 1.29 is 19.1 Å². The molecule has 0 unspecified atom stereocenters. The summed E-state index contributed by atoms with van der Waals surface area (Å²) in [5, 5.41) is 3.32. The van der Waals surface area contributed by atoms with Gasteiger partial charge >= 0.3 is 0 Å². The molecule has 1 atom stereocenters. The lowest BCUT2D eigenvalue weighted by molar-refractivity contribution is -0.134. The van der Waals surface area contributed by atoms with Gasteiger partial charge in [-0.15, -0.1) is 0 Å². The summed E-state index contributed by atoms with van der Waals surface area (Å²) < 4.78 is 10.1. The number of nitrogens with zero attached hydrogens (tertiary/aromatic N) is 1. The number of rotatable bonds is 8. The number of carbonyl (C=O) groups is 2. The van der Waals surface area contributed by atoms with Crippen molar-refractivity contribution in [1.29, 1.82) is 0 Å². The maximum absolute atomic E-state index is 12.2. The average molecular weight is 383 g/mol. The van der Waals surface area contributed by atoms with Gasteiger partial charge in [0.25, 0.3) is 0 Å². The second-order valence-corrected chi connectivity index (χ2v) is 6.93. The van der Waals surface area contributed by atoms with Crippen LogP contribution in [0.15, 0.2) is 18.2 Å². The molecule has 1 N–H and O–H groups in total. The molecule has 1 aliphatic heterocycles. The van der Waals surface area contributed by atoms with E-state index in [2.05, 4.69) is 5.32 Å². The average Bonchev–Trinajstić information content (AvgIpc) is 2.65. The predicted octanol–water partition coefficient (Wildman–Crippen LogP) is 3.34. The van der Waals surface area contributed by atoms with Gasteiger partial charge in [0.1, 0.15) is 5.75 Å². The van der Waals surface area contributed by atoms with Crippen LogP contribution in [0.4, 0.5) is 5.69 Å². The minimum atomic E-state index is -0.0472. The van der Waals surface area contributed by atoms with E-state index in [9.17, 15) is 9.59 Å². The van der Waals surface area contributed by atoms with Gasteiger partial charge in [0.2, 0.25) is 11.8 Å². The largest absolute Gasteiger partial charge is 0.495 e. The van der Waals surface area contributed by atoms with Crippen LogP contribution >= 0.6 is 11.6 Å². The monoisotopic (exact) mass is 382 g/mol. The van der Waals surface area contributed by atoms with Gasteiger partial charge in [-0.05, 0) is 43.4 Å². The Hall–Kier alpha value is -1.79. The summed E-state index contributed by atoms with van der Waals surface area (Å²) in [5.41, 5.74) is 0.654. The van der Waals surface area contributed by atoms with Crippen molar-refractivity contribution in [2.45, 2.75) is 32.1 Å². The van der Waals surface area contributed by atoms with Gasteiger partial charge < -0.3 is 19.7 Å². The smallest absolute Gasteiger partial charge is 0.224 e. The Morgan fingerprint density at radius 1 is 1.31 bits per heavy atom. The van der Waals surface area contributed by atoms with Crippen LogP contribution in [0.1, 0.15) is 32.1 Å². The van der Waals surface area contributed by atoms with E-state index in [-0.39, 0.29) is 11.8 Å². The maximum atomic E-state index is 12.2. The second-order valence-electron chi connectivity index (χ2n) is 6.53. The van der Waals surface area contributed by atoms with Crippen molar-refractivity contribution in [2.75, 3.05) is 39.2 Å². The second kappa shape index (κ2) is 10.4. The molecule has 0 bridgehead atoms. The van der Waals surface area contributed by atoms with Crippen molar-refractivity contribution in [1.82, 2.24) is 4.90 Å². The first kappa shape index (κ1) is 20.5. The van der Waals surface area contributed by atoms with Gasteiger partial charge in [-0.3, -0.25) is 9.59 Å². The molecule has 0 saturated carbocycles. The lowest BCUT2D eigenvalue weighted by Crippen LogP contribution is -2.40. The zero-order valence-electron chi connectivity index (χ0n) is 15.4. The van der Waals surface area contributed by atoms with Crippen LogP contribution in [-0.4, -0.2) is 50.6 Å². The van der Waals surface area contributed by atoms with Gasteiger partial charge in [0.15, 0.2) is 0 Å². The highest BCUT2D eigenvalue weighted by molar-refractivity contribution is 6.32. The maximum Gasteiger partial charge on any atom is 0.224 e. The Morgan fingerprint density at radius 3 is 2.81 bits per heavy atom. The van der Waals surface area contributed by atoms with E-state index in [4.69, 9.17) is 21.1 Å². The zero-order chi connectivity index (χ0) is 18.9. The number of hydrogen-bond acceptors (Lipinski definition) is 4. The van der Waals surface area contributed by atoms with Gasteiger partial charge in [-0.25, -0.2) is 0 Å². The Balaban J connectivity index is 1.77. The number of piperidine rings is 1. The van der Waals surface area contributed by atoms with Crippen LogP contribution in [0.5, 0.6) is 5.75 Å². The van der Waals surface area contributed by atoms with Crippen molar-refractivity contribution >= 4 is 29.1 Å². The summed E-state index contributed by atoms with van der Waals surface area (Å²) in [5.74, 6) is 1.02. The number of anilines is 1. The SMILES string of the molecule is COCCC(=O)N1CCC[C@H](CCC(=O)Nc2ccc(OC)c(Cl)c2)C1. The third kappa shape index (κ3) is 6.18. The molecule has 2 rings (SSSR count). The molecule has 0 spiro atoms. The number of carbonyl (C=O) groups excluding carboxylic acids is 2. The molecule has 0 aromatic heterocycles. The van der Waals surface area contributed by atoms with Crippen LogP contribution in [0.3, 0.4) is 0 Å². The summed E-state index contributed by atoms with van der Waals surface area (Å²) in [4.78, 5) is 26.2. The summed E-state index contributed by atoms with van der Waals surface area (Å²) in [7, 11) is 3.15. The van der Waals surface area contributed by atoms with E-state index >= 15 is 0 Å². The third-order valence-corrected chi connectivity index (χ3v) is 4.90. The number of hydrogen-bond donors (Lipinski definition) is 1. The first-order chi connectivity index (χ1) is 12.5. The van der Waals surface area contributed by atoms with E-state index in [0.29, 0.717) is 41.8 Å². The van der Waals surface area contributed by atoms with E-state index in [1.165, 1.54) is 0 Å². The van der Waals surface area contributed by atoms with Crippen molar-refractivity contribution in [3.05, 3.63) is 23.2 Å². The van der Waals surface area contributed by atoms with Crippen molar-refractivity contribution in [2.24, 2.45) is 5.92 Å². The molecule has 1 fully saturated rings. The van der Waals surface area contributed by atoms with E-state index in [1.54, 1.807) is 32.4 Å². The molecule has 1 aromatic rings. The van der Waals surface area contributed by atoms with Crippen LogP contribution in [0, 0.1) is 5.92 Å². The highest BCUT2D eigenvalue weighted by atomic mass is 35.5. The fourth-order valence-electron chi connectivity index (χ4n) is 3.18. The molecule has 1 saturated heterocycles. The third-order valence-electron chi connectivity index (χ3n) is 4.61. The molecular weight excluding hydrogens is 356 g/mol. The topological polar surface area (TPSA) is 67.9 Å². The zero-order valence-corrected chi connectivity index (χ0v) is 16.2. The van der Waals surface area contributed by atoms with Gasteiger partial charge in [-0.1, -0.05) is 11.6 Å². The Morgan fingerprint density at radius 2 is 2.12 bits per heavy atom. The van der Waals surface area contributed by atoms with Crippen LogP contribution in [0.25, 0.3) is 0 Å². The molecule has 144 valence electrons. The molecule has 2 amide bonds. The van der Waals surface area contributed by atoms with Crippen LogP contribution < -0.4 is 10.1 Å². The number of benzene rings is 1. The van der Waals surface area contributed by atoms with E-state index in [0.717, 1.165) is 32.4 Å². The Labute approximate surface area is 159 Å². The number of likely N-dealkylation sites (tertiary alicyclic amines) is 1. The summed E-state index contributed by atoms with van der Waals surface area (Å²) in [6, 6.07) is 5.16. The molecule has 1 heterocycles. The molecule has 1 aliphatic rings. The number of amides is 2. The molecular formula is C19H27ClN2O4. The van der Waals surface area contributed by atoms with Crippen molar-refractivity contribution in [3.8, 4) is 5.75 Å². The normalized spacial score (nSPS) is 17.0. The molecule has 1 aromatic carbocycles. The summed E-state index contributed by atoms with van der Waals surface area (Å²) >= 11 is 6.07. The fourth-order valence-corrected chi connectivity index (χ4v) is 3.44. The fraction of sp³-hybridized carbons (Fsp3) is 0.579. The molecule has 0 radical (unpaired) electrons. The Kier molecular flexibility index (Phi) is 8.19. The number of halogens is 1. The van der Waals surface area contributed by atoms with Crippen LogP contribution in [-0.2, 0) is 14.3 Å². The van der Waals surface area contributed by atoms with Gasteiger partial charge in [0, 0.05) is 32.3 Å². The summed E-state index contributed by atoms with van der Waals surface area (Å²) in [6.07, 6.45) is 3.65. The quantitative estimate of drug-likeness (QED) is 0.748. The number of ether oxygens (including phenoxy) is 2. The first-order valence-corrected chi connectivity index (χ1v) is 9.31.